The van der Waals surface area contributed by atoms with Gasteiger partial charge in [0.25, 0.3) is 5.91 Å². The molecule has 0 radical (unpaired) electrons. The molecular formula is C20H20N2O3S. The Hall–Kier alpha value is -2.86. The predicted octanol–water partition coefficient (Wildman–Crippen LogP) is 4.68. The quantitative estimate of drug-likeness (QED) is 0.658. The Balaban J connectivity index is 1.75. The Morgan fingerprint density at radius 3 is 2.54 bits per heavy atom. The van der Waals surface area contributed by atoms with Gasteiger partial charge in [-0.05, 0) is 38.1 Å². The van der Waals surface area contributed by atoms with Crippen LogP contribution in [-0.4, -0.2) is 17.5 Å². The smallest absolute Gasteiger partial charge is 0.259 e. The molecule has 5 nitrogen and oxygen atoms in total. The van der Waals surface area contributed by atoms with Crippen LogP contribution in [0.1, 0.15) is 28.0 Å². The summed E-state index contributed by atoms with van der Waals surface area (Å²) in [5.41, 5.74) is 1.94. The summed E-state index contributed by atoms with van der Waals surface area (Å²) in [6, 6.07) is 14.5. The lowest BCUT2D eigenvalue weighted by atomic mass is 10.1. The van der Waals surface area contributed by atoms with Gasteiger partial charge in [0.05, 0.1) is 28.6 Å². The fourth-order valence-corrected chi connectivity index (χ4v) is 3.04. The Morgan fingerprint density at radius 2 is 1.81 bits per heavy atom. The lowest BCUT2D eigenvalue weighted by Crippen LogP contribution is -2.14. The van der Waals surface area contributed by atoms with Gasteiger partial charge in [-0.3, -0.25) is 4.79 Å². The molecule has 0 saturated carbocycles. The molecule has 1 aromatic heterocycles. The van der Waals surface area contributed by atoms with Gasteiger partial charge in [0, 0.05) is 5.38 Å². The number of thiazole rings is 1. The Bertz CT molecular complexity index is 892. The van der Waals surface area contributed by atoms with Crippen molar-refractivity contribution in [2.24, 2.45) is 0 Å². The van der Waals surface area contributed by atoms with Crippen molar-refractivity contribution < 1.29 is 14.3 Å². The first-order chi connectivity index (χ1) is 12.7. The van der Waals surface area contributed by atoms with E-state index in [0.29, 0.717) is 36.0 Å². The topological polar surface area (TPSA) is 60.5 Å². The molecule has 0 spiro atoms. The number of carbonyl (C=O) groups excluding carboxylic acids is 1. The van der Waals surface area contributed by atoms with Gasteiger partial charge in [-0.25, -0.2) is 4.98 Å². The van der Waals surface area contributed by atoms with Gasteiger partial charge in [-0.1, -0.05) is 24.3 Å². The molecule has 0 aliphatic carbocycles. The summed E-state index contributed by atoms with van der Waals surface area (Å²) >= 11 is 1.57. The number of amides is 1. The molecule has 0 aliphatic rings. The number of aryl methyl sites for hydroxylation is 1. The molecule has 0 saturated heterocycles. The number of ether oxygens (including phenoxy) is 2. The van der Waals surface area contributed by atoms with Crippen LogP contribution in [0.25, 0.3) is 0 Å². The second-order valence-electron chi connectivity index (χ2n) is 5.53. The average molecular weight is 368 g/mol. The van der Waals surface area contributed by atoms with Crippen molar-refractivity contribution in [3.05, 3.63) is 70.2 Å². The molecule has 0 bridgehead atoms. The first-order valence-electron chi connectivity index (χ1n) is 8.33. The number of benzene rings is 2. The van der Waals surface area contributed by atoms with E-state index >= 15 is 0 Å². The van der Waals surface area contributed by atoms with Crippen LogP contribution in [0.5, 0.6) is 11.5 Å². The fourth-order valence-electron chi connectivity index (χ4n) is 2.45. The first kappa shape index (κ1) is 17.9. The number of aromatic nitrogens is 1. The fraction of sp³-hybridized carbons (Fsp3) is 0.200. The molecule has 1 N–H and O–H groups in total. The molecule has 6 heteroatoms. The minimum Gasteiger partial charge on any atom is -0.492 e. The minimum absolute atomic E-state index is 0.248. The zero-order chi connectivity index (χ0) is 18.4. The molecule has 0 unspecified atom stereocenters. The van der Waals surface area contributed by atoms with Crippen LogP contribution in [0.4, 0.5) is 5.69 Å². The van der Waals surface area contributed by atoms with Crippen LogP contribution in [0.15, 0.2) is 53.9 Å². The number of hydrogen-bond donors (Lipinski definition) is 1. The minimum atomic E-state index is -0.248. The zero-order valence-electron chi connectivity index (χ0n) is 14.7. The summed E-state index contributed by atoms with van der Waals surface area (Å²) in [5, 5.41) is 5.84. The summed E-state index contributed by atoms with van der Waals surface area (Å²) in [6.45, 7) is 4.71. The number of anilines is 1. The Kier molecular flexibility index (Phi) is 5.86. The summed E-state index contributed by atoms with van der Waals surface area (Å²) in [6.07, 6.45) is 0. The summed E-state index contributed by atoms with van der Waals surface area (Å²) in [5.74, 6) is 0.909. The van der Waals surface area contributed by atoms with Gasteiger partial charge < -0.3 is 14.8 Å². The van der Waals surface area contributed by atoms with E-state index in [9.17, 15) is 4.79 Å². The van der Waals surface area contributed by atoms with Crippen LogP contribution in [0, 0.1) is 6.92 Å². The van der Waals surface area contributed by atoms with Crippen molar-refractivity contribution in [2.45, 2.75) is 20.5 Å². The van der Waals surface area contributed by atoms with Crippen molar-refractivity contribution in [3.63, 3.8) is 0 Å². The maximum atomic E-state index is 12.7. The molecule has 0 aliphatic heterocycles. The molecule has 3 aromatic rings. The van der Waals surface area contributed by atoms with Crippen LogP contribution in [0.2, 0.25) is 0 Å². The number of nitrogens with one attached hydrogen (secondary N) is 1. The molecule has 0 fully saturated rings. The standard InChI is InChI=1S/C20H20N2O3S/c1-3-24-19-11-7-5-9-17(19)22-20(23)16-8-4-6-10-18(16)25-12-15-13-26-14(2)21-15/h4-11,13H,3,12H2,1-2H3,(H,22,23). The van der Waals surface area contributed by atoms with Crippen LogP contribution in [0.3, 0.4) is 0 Å². The van der Waals surface area contributed by atoms with Gasteiger partial charge >= 0.3 is 0 Å². The molecule has 0 atom stereocenters. The lowest BCUT2D eigenvalue weighted by molar-refractivity contribution is 0.102. The van der Waals surface area contributed by atoms with Crippen LogP contribution < -0.4 is 14.8 Å². The van der Waals surface area contributed by atoms with Crippen molar-refractivity contribution in [1.82, 2.24) is 4.98 Å². The third-order valence-electron chi connectivity index (χ3n) is 3.61. The predicted molar refractivity (Wildman–Crippen MR) is 103 cm³/mol. The van der Waals surface area contributed by atoms with E-state index in [1.807, 2.05) is 55.6 Å². The van der Waals surface area contributed by atoms with E-state index in [1.54, 1.807) is 23.5 Å². The highest BCUT2D eigenvalue weighted by Crippen LogP contribution is 2.26. The lowest BCUT2D eigenvalue weighted by Gasteiger charge is -2.13. The normalized spacial score (nSPS) is 10.4. The molecule has 3 rings (SSSR count). The van der Waals surface area contributed by atoms with E-state index in [0.717, 1.165) is 10.7 Å². The number of carbonyl (C=O) groups is 1. The van der Waals surface area contributed by atoms with Crippen molar-refractivity contribution >= 4 is 22.9 Å². The van der Waals surface area contributed by atoms with Gasteiger partial charge in [-0.2, -0.15) is 0 Å². The average Bonchev–Trinajstić information content (AvgIpc) is 3.07. The summed E-state index contributed by atoms with van der Waals surface area (Å²) in [7, 11) is 0. The number of rotatable bonds is 7. The SMILES string of the molecule is CCOc1ccccc1NC(=O)c1ccccc1OCc1csc(C)n1. The van der Waals surface area contributed by atoms with Gasteiger partial charge in [0.1, 0.15) is 18.1 Å². The van der Waals surface area contributed by atoms with Gasteiger partial charge in [-0.15, -0.1) is 11.3 Å². The molecule has 2 aromatic carbocycles. The first-order valence-corrected chi connectivity index (χ1v) is 9.21. The van der Waals surface area contributed by atoms with E-state index in [4.69, 9.17) is 9.47 Å². The second kappa shape index (κ2) is 8.49. The van der Waals surface area contributed by atoms with Crippen LogP contribution in [-0.2, 0) is 6.61 Å². The molecule has 1 amide bonds. The third kappa shape index (κ3) is 4.40. The maximum Gasteiger partial charge on any atom is 0.259 e. The third-order valence-corrected chi connectivity index (χ3v) is 4.43. The highest BCUT2D eigenvalue weighted by molar-refractivity contribution is 7.09. The van der Waals surface area contributed by atoms with Crippen molar-refractivity contribution in [1.29, 1.82) is 0 Å². The van der Waals surface area contributed by atoms with Gasteiger partial charge in [0.15, 0.2) is 0 Å². The number of hydrogen-bond acceptors (Lipinski definition) is 5. The Labute approximate surface area is 156 Å². The Morgan fingerprint density at radius 1 is 1.08 bits per heavy atom. The molecular weight excluding hydrogens is 348 g/mol. The monoisotopic (exact) mass is 368 g/mol. The highest BCUT2D eigenvalue weighted by atomic mass is 32.1. The molecule has 134 valence electrons. The van der Waals surface area contributed by atoms with E-state index in [2.05, 4.69) is 10.3 Å². The summed E-state index contributed by atoms with van der Waals surface area (Å²) < 4.78 is 11.4. The van der Waals surface area contributed by atoms with Crippen molar-refractivity contribution in [3.8, 4) is 11.5 Å². The number of nitrogens with zero attached hydrogens (tertiary/aromatic N) is 1. The van der Waals surface area contributed by atoms with Crippen molar-refractivity contribution in [2.75, 3.05) is 11.9 Å². The highest BCUT2D eigenvalue weighted by Gasteiger charge is 2.14. The second-order valence-corrected chi connectivity index (χ2v) is 6.59. The molecule has 26 heavy (non-hydrogen) atoms. The summed E-state index contributed by atoms with van der Waals surface area (Å²) in [4.78, 5) is 17.1. The van der Waals surface area contributed by atoms with E-state index in [-0.39, 0.29) is 5.91 Å². The maximum absolute atomic E-state index is 12.7. The largest absolute Gasteiger partial charge is 0.492 e. The van der Waals surface area contributed by atoms with Gasteiger partial charge in [0.2, 0.25) is 0 Å². The van der Waals surface area contributed by atoms with E-state index < -0.39 is 0 Å². The zero-order valence-corrected chi connectivity index (χ0v) is 15.5. The van der Waals surface area contributed by atoms with Crippen LogP contribution >= 0.6 is 11.3 Å². The number of para-hydroxylation sites is 3. The molecule has 1 heterocycles. The van der Waals surface area contributed by atoms with E-state index in [1.165, 1.54) is 0 Å².